The number of amides is 1. The Balaban J connectivity index is 0.00000169. The SMILES string of the molecule is Cl.Cl.O=C(NCc1ccc(CN2CCC(O)CC2)cc1)C1COCCN1. The molecule has 26 heavy (non-hydrogen) atoms. The molecule has 2 saturated heterocycles. The van der Waals surface area contributed by atoms with Crippen molar-refractivity contribution in [1.82, 2.24) is 15.5 Å². The van der Waals surface area contributed by atoms with Crippen LogP contribution >= 0.6 is 24.8 Å². The Morgan fingerprint density at radius 2 is 1.85 bits per heavy atom. The van der Waals surface area contributed by atoms with Gasteiger partial charge in [0.05, 0.1) is 19.3 Å². The van der Waals surface area contributed by atoms with Gasteiger partial charge >= 0.3 is 0 Å². The lowest BCUT2D eigenvalue weighted by Gasteiger charge is -2.29. The van der Waals surface area contributed by atoms with Gasteiger partial charge in [0.25, 0.3) is 0 Å². The number of carbonyl (C=O) groups excluding carboxylic acids is 1. The second-order valence-electron chi connectivity index (χ2n) is 6.62. The third kappa shape index (κ3) is 7.02. The number of ether oxygens (including phenoxy) is 1. The zero-order valence-corrected chi connectivity index (χ0v) is 16.5. The van der Waals surface area contributed by atoms with Gasteiger partial charge in [-0.15, -0.1) is 24.8 Å². The number of benzene rings is 1. The molecule has 0 saturated carbocycles. The maximum absolute atomic E-state index is 12.0. The molecule has 1 aromatic rings. The predicted molar refractivity (Wildman–Crippen MR) is 106 cm³/mol. The Morgan fingerprint density at radius 1 is 1.19 bits per heavy atom. The van der Waals surface area contributed by atoms with E-state index >= 15 is 0 Å². The monoisotopic (exact) mass is 405 g/mol. The van der Waals surface area contributed by atoms with E-state index in [0.29, 0.717) is 19.8 Å². The lowest BCUT2D eigenvalue weighted by atomic mass is 10.1. The van der Waals surface area contributed by atoms with E-state index in [1.165, 1.54) is 5.56 Å². The molecule has 2 aliphatic heterocycles. The molecule has 2 heterocycles. The van der Waals surface area contributed by atoms with E-state index in [4.69, 9.17) is 4.74 Å². The summed E-state index contributed by atoms with van der Waals surface area (Å²) in [5.41, 5.74) is 2.36. The Hall–Kier alpha value is -0.890. The fourth-order valence-corrected chi connectivity index (χ4v) is 3.14. The number of carbonyl (C=O) groups is 1. The fraction of sp³-hybridized carbons (Fsp3) is 0.611. The number of morpholine rings is 1. The lowest BCUT2D eigenvalue weighted by molar-refractivity contribution is -0.126. The van der Waals surface area contributed by atoms with Crippen molar-refractivity contribution in [1.29, 1.82) is 0 Å². The van der Waals surface area contributed by atoms with Gasteiger partial charge in [-0.2, -0.15) is 0 Å². The number of nitrogens with zero attached hydrogens (tertiary/aromatic N) is 1. The average Bonchev–Trinajstić information content (AvgIpc) is 2.63. The molecular weight excluding hydrogens is 377 g/mol. The highest BCUT2D eigenvalue weighted by Crippen LogP contribution is 2.14. The van der Waals surface area contributed by atoms with Crippen molar-refractivity contribution in [3.8, 4) is 0 Å². The largest absolute Gasteiger partial charge is 0.393 e. The van der Waals surface area contributed by atoms with Crippen LogP contribution in [-0.2, 0) is 22.6 Å². The first kappa shape index (κ1) is 23.1. The number of nitrogens with one attached hydrogen (secondary N) is 2. The standard InChI is InChI=1S/C18H27N3O3.2ClH/c22-16-5-8-21(9-6-16)12-15-3-1-14(2-4-15)11-20-18(23)17-13-24-10-7-19-17;;/h1-4,16-17,19,22H,5-13H2,(H,20,23);2*1H. The predicted octanol–water partition coefficient (Wildman–Crippen LogP) is 1.09. The molecule has 3 rings (SSSR count). The first-order valence-corrected chi connectivity index (χ1v) is 8.78. The molecule has 2 fully saturated rings. The summed E-state index contributed by atoms with van der Waals surface area (Å²) in [5, 5.41) is 15.7. The second kappa shape index (κ2) is 11.7. The van der Waals surface area contributed by atoms with Crippen molar-refractivity contribution in [2.45, 2.75) is 38.1 Å². The zero-order valence-electron chi connectivity index (χ0n) is 14.9. The molecule has 0 bridgehead atoms. The molecule has 3 N–H and O–H groups in total. The van der Waals surface area contributed by atoms with Crippen LogP contribution in [0.1, 0.15) is 24.0 Å². The van der Waals surface area contributed by atoms with E-state index in [9.17, 15) is 9.90 Å². The van der Waals surface area contributed by atoms with Crippen LogP contribution in [0, 0.1) is 0 Å². The number of aliphatic hydroxyl groups excluding tert-OH is 1. The van der Waals surface area contributed by atoms with E-state index < -0.39 is 0 Å². The van der Waals surface area contributed by atoms with Gasteiger partial charge in [-0.05, 0) is 24.0 Å². The van der Waals surface area contributed by atoms with Crippen LogP contribution in [0.3, 0.4) is 0 Å². The van der Waals surface area contributed by atoms with Gasteiger partial charge < -0.3 is 20.5 Å². The molecule has 0 aliphatic carbocycles. The number of rotatable bonds is 5. The third-order valence-electron chi connectivity index (χ3n) is 4.69. The molecule has 1 atom stereocenters. The smallest absolute Gasteiger partial charge is 0.239 e. The van der Waals surface area contributed by atoms with Crippen molar-refractivity contribution in [3.05, 3.63) is 35.4 Å². The Labute approximate surface area is 167 Å². The summed E-state index contributed by atoms with van der Waals surface area (Å²) in [4.78, 5) is 14.4. The molecule has 1 amide bonds. The average molecular weight is 406 g/mol. The van der Waals surface area contributed by atoms with Crippen molar-refractivity contribution >= 4 is 30.7 Å². The fourth-order valence-electron chi connectivity index (χ4n) is 3.14. The number of hydrogen-bond donors (Lipinski definition) is 3. The van der Waals surface area contributed by atoms with E-state index in [1.807, 2.05) is 0 Å². The molecule has 1 aromatic carbocycles. The maximum Gasteiger partial charge on any atom is 0.239 e. The van der Waals surface area contributed by atoms with Gasteiger partial charge in [-0.25, -0.2) is 0 Å². The van der Waals surface area contributed by atoms with Crippen molar-refractivity contribution in [2.75, 3.05) is 32.8 Å². The Kier molecular flexibility index (Phi) is 10.5. The topological polar surface area (TPSA) is 73.8 Å². The van der Waals surface area contributed by atoms with Crippen LogP contribution in [0.25, 0.3) is 0 Å². The minimum atomic E-state index is -0.243. The van der Waals surface area contributed by atoms with E-state index in [-0.39, 0.29) is 42.9 Å². The van der Waals surface area contributed by atoms with Crippen LogP contribution < -0.4 is 10.6 Å². The molecule has 1 unspecified atom stereocenters. The summed E-state index contributed by atoms with van der Waals surface area (Å²) in [5.74, 6) is -0.00866. The molecule has 0 spiro atoms. The van der Waals surface area contributed by atoms with E-state index in [0.717, 1.165) is 44.6 Å². The van der Waals surface area contributed by atoms with Crippen LogP contribution in [0.5, 0.6) is 0 Å². The van der Waals surface area contributed by atoms with Crippen molar-refractivity contribution in [3.63, 3.8) is 0 Å². The van der Waals surface area contributed by atoms with Crippen LogP contribution in [0.2, 0.25) is 0 Å². The molecule has 0 aromatic heterocycles. The molecule has 0 radical (unpaired) electrons. The summed E-state index contributed by atoms with van der Waals surface area (Å²) in [6.45, 7) is 5.19. The van der Waals surface area contributed by atoms with Crippen LogP contribution in [-0.4, -0.2) is 60.9 Å². The number of aliphatic hydroxyl groups is 1. The molecule has 2 aliphatic rings. The molecule has 6 nitrogen and oxygen atoms in total. The van der Waals surface area contributed by atoms with Gasteiger partial charge in [0, 0.05) is 32.7 Å². The number of likely N-dealkylation sites (tertiary alicyclic amines) is 1. The third-order valence-corrected chi connectivity index (χ3v) is 4.69. The highest BCUT2D eigenvalue weighted by Gasteiger charge is 2.20. The maximum atomic E-state index is 12.0. The minimum Gasteiger partial charge on any atom is -0.393 e. The highest BCUT2D eigenvalue weighted by molar-refractivity contribution is 5.85. The van der Waals surface area contributed by atoms with Crippen molar-refractivity contribution in [2.24, 2.45) is 0 Å². The van der Waals surface area contributed by atoms with Gasteiger partial charge in [-0.3, -0.25) is 9.69 Å². The Bertz CT molecular complexity index is 531. The van der Waals surface area contributed by atoms with E-state index in [1.54, 1.807) is 0 Å². The quantitative estimate of drug-likeness (QED) is 0.683. The molecule has 148 valence electrons. The second-order valence-corrected chi connectivity index (χ2v) is 6.62. The summed E-state index contributed by atoms with van der Waals surface area (Å²) in [6, 6.07) is 8.13. The number of halogens is 2. The normalized spacial score (nSPS) is 21.3. The number of piperidine rings is 1. The van der Waals surface area contributed by atoms with Gasteiger partial charge in [-0.1, -0.05) is 24.3 Å². The van der Waals surface area contributed by atoms with Gasteiger partial charge in [0.1, 0.15) is 6.04 Å². The van der Waals surface area contributed by atoms with Gasteiger partial charge in [0.15, 0.2) is 0 Å². The summed E-state index contributed by atoms with van der Waals surface area (Å²) in [7, 11) is 0. The lowest BCUT2D eigenvalue weighted by Crippen LogP contribution is -2.51. The zero-order chi connectivity index (χ0) is 16.8. The summed E-state index contributed by atoms with van der Waals surface area (Å²) >= 11 is 0. The Morgan fingerprint density at radius 3 is 2.46 bits per heavy atom. The van der Waals surface area contributed by atoms with Crippen LogP contribution in [0.4, 0.5) is 0 Å². The molecule has 8 heteroatoms. The van der Waals surface area contributed by atoms with Crippen LogP contribution in [0.15, 0.2) is 24.3 Å². The number of hydrogen-bond acceptors (Lipinski definition) is 5. The summed E-state index contributed by atoms with van der Waals surface area (Å²) in [6.07, 6.45) is 1.60. The minimum absolute atomic E-state index is 0. The highest BCUT2D eigenvalue weighted by atomic mass is 35.5. The van der Waals surface area contributed by atoms with Crippen molar-refractivity contribution < 1.29 is 14.6 Å². The first-order chi connectivity index (χ1) is 11.7. The van der Waals surface area contributed by atoms with Gasteiger partial charge in [0.2, 0.25) is 5.91 Å². The first-order valence-electron chi connectivity index (χ1n) is 8.78. The molecular formula is C18H29Cl2N3O3. The van der Waals surface area contributed by atoms with E-state index in [2.05, 4.69) is 39.8 Å². The summed E-state index contributed by atoms with van der Waals surface area (Å²) < 4.78 is 5.31.